The first-order valence-corrected chi connectivity index (χ1v) is 7.80. The number of nitrogens with one attached hydrogen (secondary N) is 2. The van der Waals surface area contributed by atoms with Gasteiger partial charge in [-0.15, -0.1) is 0 Å². The summed E-state index contributed by atoms with van der Waals surface area (Å²) in [6.45, 7) is 0. The molecule has 0 aliphatic carbocycles. The highest BCUT2D eigenvalue weighted by atomic mass is 16.6. The number of nitro groups is 1. The van der Waals surface area contributed by atoms with Crippen LogP contribution >= 0.6 is 0 Å². The van der Waals surface area contributed by atoms with E-state index in [2.05, 4.69) is 25.6 Å². The number of non-ortho nitro benzene ring substituents is 1. The van der Waals surface area contributed by atoms with E-state index in [1.807, 2.05) is 12.1 Å². The first-order valence-electron chi connectivity index (χ1n) is 7.80. The molecule has 10 heteroatoms. The molecular formula is C17H16N6O4. The Balaban J connectivity index is 1.80. The molecule has 1 aromatic heterocycles. The SMILES string of the molecule is COc1ccc(Nc2nc(Nc3ccc([N+](=O)[O-])cc3)nc(OC)n2)cc1. The Morgan fingerprint density at radius 2 is 1.33 bits per heavy atom. The molecule has 3 rings (SSSR count). The lowest BCUT2D eigenvalue weighted by Gasteiger charge is -2.10. The summed E-state index contributed by atoms with van der Waals surface area (Å²) in [5.74, 6) is 1.23. The van der Waals surface area contributed by atoms with Gasteiger partial charge in [-0.05, 0) is 36.4 Å². The van der Waals surface area contributed by atoms with E-state index in [1.165, 1.54) is 19.2 Å². The second-order valence-corrected chi connectivity index (χ2v) is 5.25. The summed E-state index contributed by atoms with van der Waals surface area (Å²) in [6, 6.07) is 13.3. The van der Waals surface area contributed by atoms with E-state index < -0.39 is 4.92 Å². The number of aromatic nitrogens is 3. The minimum atomic E-state index is -0.466. The highest BCUT2D eigenvalue weighted by molar-refractivity contribution is 5.59. The lowest BCUT2D eigenvalue weighted by atomic mass is 10.3. The minimum Gasteiger partial charge on any atom is -0.497 e. The van der Waals surface area contributed by atoms with Crippen LogP contribution in [0.3, 0.4) is 0 Å². The maximum absolute atomic E-state index is 10.7. The van der Waals surface area contributed by atoms with Crippen molar-refractivity contribution >= 4 is 29.0 Å². The third kappa shape index (κ3) is 4.57. The van der Waals surface area contributed by atoms with E-state index in [4.69, 9.17) is 9.47 Å². The van der Waals surface area contributed by atoms with Crippen molar-refractivity contribution in [1.29, 1.82) is 0 Å². The summed E-state index contributed by atoms with van der Waals surface area (Å²) in [6.07, 6.45) is 0. The fraction of sp³-hybridized carbons (Fsp3) is 0.118. The second kappa shape index (κ2) is 7.95. The maximum atomic E-state index is 10.7. The Morgan fingerprint density at radius 1 is 0.815 bits per heavy atom. The lowest BCUT2D eigenvalue weighted by molar-refractivity contribution is -0.384. The van der Waals surface area contributed by atoms with Crippen LogP contribution in [0.1, 0.15) is 0 Å². The molecule has 2 aromatic carbocycles. The van der Waals surface area contributed by atoms with Crippen LogP contribution in [-0.4, -0.2) is 34.1 Å². The van der Waals surface area contributed by atoms with E-state index in [9.17, 15) is 10.1 Å². The summed E-state index contributed by atoms with van der Waals surface area (Å²) >= 11 is 0. The predicted octanol–water partition coefficient (Wildman–Crippen LogP) is 3.28. The molecule has 0 aliphatic heterocycles. The number of rotatable bonds is 7. The van der Waals surface area contributed by atoms with Gasteiger partial charge in [-0.3, -0.25) is 10.1 Å². The van der Waals surface area contributed by atoms with Crippen molar-refractivity contribution < 1.29 is 14.4 Å². The molecule has 1 heterocycles. The van der Waals surface area contributed by atoms with Gasteiger partial charge in [-0.2, -0.15) is 15.0 Å². The van der Waals surface area contributed by atoms with Crippen molar-refractivity contribution in [2.24, 2.45) is 0 Å². The fourth-order valence-electron chi connectivity index (χ4n) is 2.16. The highest BCUT2D eigenvalue weighted by Gasteiger charge is 2.09. The van der Waals surface area contributed by atoms with E-state index >= 15 is 0 Å². The third-order valence-corrected chi connectivity index (χ3v) is 3.48. The molecular weight excluding hydrogens is 352 g/mol. The van der Waals surface area contributed by atoms with Crippen LogP contribution < -0.4 is 20.1 Å². The van der Waals surface area contributed by atoms with Crippen LogP contribution in [0.4, 0.5) is 29.0 Å². The Kier molecular flexibility index (Phi) is 5.26. The third-order valence-electron chi connectivity index (χ3n) is 3.48. The quantitative estimate of drug-likeness (QED) is 0.477. The first kappa shape index (κ1) is 17.9. The number of nitrogens with zero attached hydrogens (tertiary/aromatic N) is 4. The van der Waals surface area contributed by atoms with Crippen LogP contribution in [0, 0.1) is 10.1 Å². The van der Waals surface area contributed by atoms with Gasteiger partial charge in [0, 0.05) is 23.5 Å². The van der Waals surface area contributed by atoms with Crippen molar-refractivity contribution in [1.82, 2.24) is 15.0 Å². The zero-order chi connectivity index (χ0) is 19.2. The number of nitro benzene ring substituents is 1. The molecule has 0 aliphatic rings. The van der Waals surface area contributed by atoms with E-state index in [-0.39, 0.29) is 23.6 Å². The average molecular weight is 368 g/mol. The van der Waals surface area contributed by atoms with Gasteiger partial charge in [0.2, 0.25) is 11.9 Å². The van der Waals surface area contributed by atoms with E-state index in [1.54, 1.807) is 31.4 Å². The summed E-state index contributed by atoms with van der Waals surface area (Å²) in [5, 5.41) is 16.7. The van der Waals surface area contributed by atoms with Gasteiger partial charge < -0.3 is 20.1 Å². The lowest BCUT2D eigenvalue weighted by Crippen LogP contribution is -2.05. The van der Waals surface area contributed by atoms with Crippen LogP contribution in [0.5, 0.6) is 11.8 Å². The van der Waals surface area contributed by atoms with Gasteiger partial charge in [0.1, 0.15) is 5.75 Å². The maximum Gasteiger partial charge on any atom is 0.322 e. The van der Waals surface area contributed by atoms with Crippen LogP contribution in [0.2, 0.25) is 0 Å². The molecule has 0 radical (unpaired) electrons. The molecule has 0 fully saturated rings. The smallest absolute Gasteiger partial charge is 0.322 e. The first-order chi connectivity index (χ1) is 13.1. The van der Waals surface area contributed by atoms with Crippen molar-refractivity contribution in [2.45, 2.75) is 0 Å². The van der Waals surface area contributed by atoms with Crippen LogP contribution in [-0.2, 0) is 0 Å². The monoisotopic (exact) mass is 368 g/mol. The predicted molar refractivity (Wildman–Crippen MR) is 99.0 cm³/mol. The summed E-state index contributed by atoms with van der Waals surface area (Å²) in [7, 11) is 3.04. The molecule has 10 nitrogen and oxygen atoms in total. The van der Waals surface area contributed by atoms with Gasteiger partial charge >= 0.3 is 6.01 Å². The molecule has 2 N–H and O–H groups in total. The van der Waals surface area contributed by atoms with Gasteiger partial charge in [0.25, 0.3) is 5.69 Å². The molecule has 0 unspecified atom stereocenters. The molecule has 0 bridgehead atoms. The number of hydrogen-bond donors (Lipinski definition) is 2. The molecule has 3 aromatic rings. The Morgan fingerprint density at radius 3 is 1.78 bits per heavy atom. The van der Waals surface area contributed by atoms with Crippen molar-refractivity contribution in [3.8, 4) is 11.8 Å². The number of ether oxygens (including phenoxy) is 2. The number of benzene rings is 2. The summed E-state index contributed by atoms with van der Waals surface area (Å²) < 4.78 is 10.2. The topological polar surface area (TPSA) is 124 Å². The Hall–Kier alpha value is -3.95. The largest absolute Gasteiger partial charge is 0.497 e. The number of methoxy groups -OCH3 is 2. The van der Waals surface area contributed by atoms with Crippen molar-refractivity contribution in [2.75, 3.05) is 24.9 Å². The van der Waals surface area contributed by atoms with Gasteiger partial charge in [0.05, 0.1) is 19.1 Å². The number of anilines is 4. The van der Waals surface area contributed by atoms with E-state index in [0.29, 0.717) is 5.69 Å². The Labute approximate surface area is 154 Å². The number of hydrogen-bond acceptors (Lipinski definition) is 9. The molecule has 138 valence electrons. The second-order valence-electron chi connectivity index (χ2n) is 5.25. The van der Waals surface area contributed by atoms with Crippen LogP contribution in [0.15, 0.2) is 48.5 Å². The van der Waals surface area contributed by atoms with Crippen molar-refractivity contribution in [3.63, 3.8) is 0 Å². The molecule has 0 atom stereocenters. The highest BCUT2D eigenvalue weighted by Crippen LogP contribution is 2.22. The zero-order valence-electron chi connectivity index (χ0n) is 14.5. The fourth-order valence-corrected chi connectivity index (χ4v) is 2.16. The average Bonchev–Trinajstić information content (AvgIpc) is 2.68. The zero-order valence-corrected chi connectivity index (χ0v) is 14.5. The summed E-state index contributed by atoms with van der Waals surface area (Å²) in [4.78, 5) is 22.8. The van der Waals surface area contributed by atoms with Crippen LogP contribution in [0.25, 0.3) is 0 Å². The standard InChI is InChI=1S/C17H16N6O4/c1-26-14-9-5-12(6-10-14)19-16-20-15(21-17(22-16)27-2)18-11-3-7-13(8-4-11)23(24)25/h3-10H,1-2H3,(H2,18,19,20,21,22). The molecule has 0 saturated heterocycles. The molecule has 0 spiro atoms. The minimum absolute atomic E-state index is 0.00404. The summed E-state index contributed by atoms with van der Waals surface area (Å²) in [5.41, 5.74) is 1.34. The molecule has 0 amide bonds. The molecule has 27 heavy (non-hydrogen) atoms. The van der Waals surface area contributed by atoms with Gasteiger partial charge in [-0.1, -0.05) is 0 Å². The normalized spacial score (nSPS) is 10.1. The van der Waals surface area contributed by atoms with Gasteiger partial charge in [-0.25, -0.2) is 0 Å². The van der Waals surface area contributed by atoms with Crippen molar-refractivity contribution in [3.05, 3.63) is 58.6 Å². The molecule has 0 saturated carbocycles. The van der Waals surface area contributed by atoms with E-state index in [0.717, 1.165) is 11.4 Å². The van der Waals surface area contributed by atoms with Gasteiger partial charge in [0.15, 0.2) is 0 Å². The Bertz CT molecular complexity index is 931.